The molecule has 2 N–H and O–H groups in total. The van der Waals surface area contributed by atoms with Crippen LogP contribution in [0.4, 0.5) is 5.69 Å². The standard InChI is InChI=1S/C17H25NO2/c1-11(2)13-7-4-5-9-16(13)18-15-10-6-8-14(12(15)3)17(19)20/h6,8,10-11,13,16,18H,4-5,7,9H2,1-3H3,(H,19,20). The van der Waals surface area contributed by atoms with E-state index in [0.29, 0.717) is 23.4 Å². The lowest BCUT2D eigenvalue weighted by Crippen LogP contribution is -2.35. The first-order valence-corrected chi connectivity index (χ1v) is 7.60. The van der Waals surface area contributed by atoms with Gasteiger partial charge in [0.15, 0.2) is 0 Å². The van der Waals surface area contributed by atoms with Gasteiger partial charge in [-0.05, 0) is 49.3 Å². The van der Waals surface area contributed by atoms with Crippen molar-refractivity contribution >= 4 is 11.7 Å². The molecule has 2 unspecified atom stereocenters. The Kier molecular flexibility index (Phi) is 4.69. The number of aromatic carboxylic acids is 1. The first-order chi connectivity index (χ1) is 9.50. The highest BCUT2D eigenvalue weighted by Gasteiger charge is 2.27. The number of carboxylic acid groups (broad SMARTS) is 1. The van der Waals surface area contributed by atoms with Crippen molar-refractivity contribution in [2.24, 2.45) is 11.8 Å². The number of carbonyl (C=O) groups is 1. The third-order valence-electron chi connectivity index (χ3n) is 4.58. The van der Waals surface area contributed by atoms with Gasteiger partial charge in [0.25, 0.3) is 0 Å². The van der Waals surface area contributed by atoms with Crippen LogP contribution in [0.15, 0.2) is 18.2 Å². The summed E-state index contributed by atoms with van der Waals surface area (Å²) in [5.74, 6) is 0.489. The van der Waals surface area contributed by atoms with Crippen molar-refractivity contribution in [3.63, 3.8) is 0 Å². The van der Waals surface area contributed by atoms with Crippen LogP contribution < -0.4 is 5.32 Å². The predicted molar refractivity (Wildman–Crippen MR) is 82.3 cm³/mol. The molecule has 1 aromatic rings. The highest BCUT2D eigenvalue weighted by atomic mass is 16.4. The highest BCUT2D eigenvalue weighted by molar-refractivity contribution is 5.91. The second-order valence-corrected chi connectivity index (χ2v) is 6.23. The van der Waals surface area contributed by atoms with Crippen molar-refractivity contribution in [2.75, 3.05) is 5.32 Å². The van der Waals surface area contributed by atoms with E-state index in [0.717, 1.165) is 11.3 Å². The maximum atomic E-state index is 11.2. The van der Waals surface area contributed by atoms with E-state index in [1.165, 1.54) is 25.7 Å². The fourth-order valence-corrected chi connectivity index (χ4v) is 3.36. The van der Waals surface area contributed by atoms with Crippen LogP contribution in [0.5, 0.6) is 0 Å². The molecule has 0 saturated heterocycles. The molecule has 0 bridgehead atoms. The molecule has 1 saturated carbocycles. The van der Waals surface area contributed by atoms with Crippen LogP contribution in [0.3, 0.4) is 0 Å². The minimum absolute atomic E-state index is 0.395. The summed E-state index contributed by atoms with van der Waals surface area (Å²) in [5.41, 5.74) is 2.21. The van der Waals surface area contributed by atoms with E-state index in [1.54, 1.807) is 6.07 Å². The first kappa shape index (κ1) is 14.9. The van der Waals surface area contributed by atoms with Crippen LogP contribution in [0.1, 0.15) is 55.5 Å². The molecule has 0 spiro atoms. The zero-order valence-electron chi connectivity index (χ0n) is 12.6. The summed E-state index contributed by atoms with van der Waals surface area (Å²) in [6.07, 6.45) is 5.03. The van der Waals surface area contributed by atoms with Gasteiger partial charge in [0, 0.05) is 11.7 Å². The van der Waals surface area contributed by atoms with Crippen molar-refractivity contribution in [2.45, 2.75) is 52.5 Å². The molecule has 20 heavy (non-hydrogen) atoms. The lowest BCUT2D eigenvalue weighted by Gasteiger charge is -2.36. The number of hydrogen-bond acceptors (Lipinski definition) is 2. The molecule has 2 rings (SSSR count). The molecule has 1 aliphatic rings. The Hall–Kier alpha value is -1.51. The molecule has 1 fully saturated rings. The second kappa shape index (κ2) is 6.29. The summed E-state index contributed by atoms with van der Waals surface area (Å²) in [6.45, 7) is 6.45. The van der Waals surface area contributed by atoms with Crippen LogP contribution in [-0.4, -0.2) is 17.1 Å². The largest absolute Gasteiger partial charge is 0.478 e. The van der Waals surface area contributed by atoms with Crippen molar-refractivity contribution < 1.29 is 9.90 Å². The third-order valence-corrected chi connectivity index (χ3v) is 4.58. The van der Waals surface area contributed by atoms with Gasteiger partial charge in [0.1, 0.15) is 0 Å². The molecule has 1 aliphatic carbocycles. The Morgan fingerprint density at radius 3 is 2.65 bits per heavy atom. The molecule has 3 heteroatoms. The van der Waals surface area contributed by atoms with E-state index >= 15 is 0 Å². The smallest absolute Gasteiger partial charge is 0.336 e. The van der Waals surface area contributed by atoms with Gasteiger partial charge in [0.05, 0.1) is 5.56 Å². The van der Waals surface area contributed by atoms with E-state index in [4.69, 9.17) is 0 Å². The van der Waals surface area contributed by atoms with Gasteiger partial charge < -0.3 is 10.4 Å². The second-order valence-electron chi connectivity index (χ2n) is 6.23. The molecule has 2 atom stereocenters. The number of hydrogen-bond donors (Lipinski definition) is 2. The van der Waals surface area contributed by atoms with Crippen molar-refractivity contribution in [3.8, 4) is 0 Å². The quantitative estimate of drug-likeness (QED) is 0.860. The van der Waals surface area contributed by atoms with Gasteiger partial charge in [0.2, 0.25) is 0 Å². The summed E-state index contributed by atoms with van der Waals surface area (Å²) in [7, 11) is 0. The zero-order valence-corrected chi connectivity index (χ0v) is 12.6. The minimum Gasteiger partial charge on any atom is -0.478 e. The van der Waals surface area contributed by atoms with Crippen LogP contribution in [0.2, 0.25) is 0 Å². The van der Waals surface area contributed by atoms with Crippen molar-refractivity contribution in [1.82, 2.24) is 0 Å². The van der Waals surface area contributed by atoms with Crippen molar-refractivity contribution in [1.29, 1.82) is 0 Å². The first-order valence-electron chi connectivity index (χ1n) is 7.60. The van der Waals surface area contributed by atoms with Gasteiger partial charge in [-0.2, -0.15) is 0 Å². The van der Waals surface area contributed by atoms with Gasteiger partial charge in [-0.3, -0.25) is 0 Å². The average molecular weight is 275 g/mol. The summed E-state index contributed by atoms with van der Waals surface area (Å²) in [6, 6.07) is 5.95. The van der Waals surface area contributed by atoms with Crippen LogP contribution in [0.25, 0.3) is 0 Å². The summed E-state index contributed by atoms with van der Waals surface area (Å²) in [5, 5.41) is 12.8. The van der Waals surface area contributed by atoms with Crippen molar-refractivity contribution in [3.05, 3.63) is 29.3 Å². The van der Waals surface area contributed by atoms with Gasteiger partial charge in [-0.1, -0.05) is 32.8 Å². The van der Waals surface area contributed by atoms with E-state index in [2.05, 4.69) is 19.2 Å². The molecule has 0 radical (unpaired) electrons. The van der Waals surface area contributed by atoms with E-state index < -0.39 is 5.97 Å². The Balaban J connectivity index is 2.20. The number of rotatable bonds is 4. The van der Waals surface area contributed by atoms with Crippen LogP contribution in [0, 0.1) is 18.8 Å². The van der Waals surface area contributed by atoms with Gasteiger partial charge in [-0.25, -0.2) is 4.79 Å². The normalized spacial score (nSPS) is 22.8. The van der Waals surface area contributed by atoms with Crippen LogP contribution in [-0.2, 0) is 0 Å². The number of carboxylic acids is 1. The summed E-state index contributed by atoms with van der Waals surface area (Å²) >= 11 is 0. The zero-order chi connectivity index (χ0) is 14.7. The SMILES string of the molecule is Cc1c(NC2CCCCC2C(C)C)cccc1C(=O)O. The molecule has 0 amide bonds. The molecule has 0 heterocycles. The lowest BCUT2D eigenvalue weighted by molar-refractivity contribution is 0.0696. The molecular weight excluding hydrogens is 250 g/mol. The summed E-state index contributed by atoms with van der Waals surface area (Å²) < 4.78 is 0. The Bertz CT molecular complexity index is 482. The third kappa shape index (κ3) is 3.14. The Morgan fingerprint density at radius 2 is 2.00 bits per heavy atom. The molecular formula is C17H25NO2. The average Bonchev–Trinajstić information content (AvgIpc) is 2.41. The number of benzene rings is 1. The topological polar surface area (TPSA) is 49.3 Å². The maximum absolute atomic E-state index is 11.2. The van der Waals surface area contributed by atoms with Gasteiger partial charge in [-0.15, -0.1) is 0 Å². The van der Waals surface area contributed by atoms with E-state index in [1.807, 2.05) is 19.1 Å². The van der Waals surface area contributed by atoms with Crippen LogP contribution >= 0.6 is 0 Å². The maximum Gasteiger partial charge on any atom is 0.336 e. The summed E-state index contributed by atoms with van der Waals surface area (Å²) in [4.78, 5) is 11.2. The van der Waals surface area contributed by atoms with E-state index in [-0.39, 0.29) is 0 Å². The minimum atomic E-state index is -0.852. The fourth-order valence-electron chi connectivity index (χ4n) is 3.36. The molecule has 3 nitrogen and oxygen atoms in total. The predicted octanol–water partition coefficient (Wildman–Crippen LogP) is 4.32. The van der Waals surface area contributed by atoms with Gasteiger partial charge >= 0.3 is 5.97 Å². The number of nitrogens with one attached hydrogen (secondary N) is 1. The number of anilines is 1. The van der Waals surface area contributed by atoms with E-state index in [9.17, 15) is 9.90 Å². The Labute approximate surface area is 121 Å². The molecule has 110 valence electrons. The molecule has 0 aliphatic heterocycles. The molecule has 1 aromatic carbocycles. The molecule has 0 aromatic heterocycles. The lowest BCUT2D eigenvalue weighted by atomic mass is 9.77. The monoisotopic (exact) mass is 275 g/mol. The fraction of sp³-hybridized carbons (Fsp3) is 0.588. The highest BCUT2D eigenvalue weighted by Crippen LogP contribution is 2.33. The Morgan fingerprint density at radius 1 is 1.30 bits per heavy atom.